The molecule has 1 aliphatic heterocycles. The lowest BCUT2D eigenvalue weighted by Crippen LogP contribution is -2.41. The van der Waals surface area contributed by atoms with Crippen LogP contribution in [0.2, 0.25) is 0 Å². The molecule has 1 fully saturated rings. The molecule has 128 valence electrons. The highest BCUT2D eigenvalue weighted by Crippen LogP contribution is 2.30. The molecule has 1 aliphatic rings. The Hall–Kier alpha value is -1.56. The predicted octanol–water partition coefficient (Wildman–Crippen LogP) is 3.47. The Morgan fingerprint density at radius 2 is 1.74 bits per heavy atom. The summed E-state index contributed by atoms with van der Waals surface area (Å²) in [5, 5.41) is 0. The largest absolute Gasteiger partial charge is 0.444 e. The van der Waals surface area contributed by atoms with Crippen molar-refractivity contribution in [1.82, 2.24) is 4.90 Å². The topological polar surface area (TPSA) is 55.8 Å². The Labute approximate surface area is 140 Å². The number of benzene rings is 1. The lowest BCUT2D eigenvalue weighted by molar-refractivity contribution is 0.0205. The summed E-state index contributed by atoms with van der Waals surface area (Å²) in [5.41, 5.74) is 0.770. The van der Waals surface area contributed by atoms with Crippen LogP contribution in [-0.2, 0) is 15.8 Å². The first kappa shape index (κ1) is 17.8. The second kappa shape index (κ2) is 7.34. The minimum atomic E-state index is -1.30. The number of nitrogens with zero attached hydrogens (tertiary/aromatic N) is 1. The van der Waals surface area contributed by atoms with Crippen LogP contribution in [0.4, 0.5) is 4.79 Å². The van der Waals surface area contributed by atoms with Gasteiger partial charge in [-0.25, -0.2) is 9.00 Å². The summed E-state index contributed by atoms with van der Waals surface area (Å²) < 4.78 is 21.6. The summed E-state index contributed by atoms with van der Waals surface area (Å²) >= 11 is -1.30. The number of rotatable bonds is 3. The number of likely N-dealkylation sites (tertiary alicyclic amines) is 1. The van der Waals surface area contributed by atoms with Crippen molar-refractivity contribution in [2.45, 2.75) is 45.1 Å². The van der Waals surface area contributed by atoms with Crippen LogP contribution in [0.3, 0.4) is 0 Å². The van der Waals surface area contributed by atoms with Gasteiger partial charge in [0.1, 0.15) is 11.4 Å². The van der Waals surface area contributed by atoms with E-state index < -0.39 is 16.7 Å². The molecular weight excluding hydrogens is 314 g/mol. The zero-order valence-corrected chi connectivity index (χ0v) is 15.0. The molecule has 23 heavy (non-hydrogen) atoms. The Balaban J connectivity index is 1.89. The minimum absolute atomic E-state index is 0.231. The molecule has 1 aromatic carbocycles. The standard InChI is InChI=1S/C17H25NO4S/c1-17(2,3)21-16(19)18-11-9-14(10-12-18)13-5-7-15(8-6-13)22-23(4)20/h5-8,14H,9-12H2,1-4H3. The van der Waals surface area contributed by atoms with Gasteiger partial charge in [0.25, 0.3) is 0 Å². The van der Waals surface area contributed by atoms with Crippen LogP contribution in [0.5, 0.6) is 5.75 Å². The van der Waals surface area contributed by atoms with Gasteiger partial charge in [-0.2, -0.15) is 0 Å². The van der Waals surface area contributed by atoms with Crippen LogP contribution >= 0.6 is 0 Å². The van der Waals surface area contributed by atoms with Crippen molar-refractivity contribution in [3.63, 3.8) is 0 Å². The molecule has 1 unspecified atom stereocenters. The predicted molar refractivity (Wildman–Crippen MR) is 90.9 cm³/mol. The van der Waals surface area contributed by atoms with Gasteiger partial charge in [0, 0.05) is 19.3 Å². The van der Waals surface area contributed by atoms with Crippen LogP contribution in [0, 0.1) is 0 Å². The summed E-state index contributed by atoms with van der Waals surface area (Å²) in [5.74, 6) is 1.04. The molecule has 1 amide bonds. The zero-order valence-electron chi connectivity index (χ0n) is 14.2. The van der Waals surface area contributed by atoms with Crippen LogP contribution in [0.25, 0.3) is 0 Å². The third-order valence-electron chi connectivity index (χ3n) is 3.71. The minimum Gasteiger partial charge on any atom is -0.444 e. The number of ether oxygens (including phenoxy) is 1. The summed E-state index contributed by atoms with van der Waals surface area (Å²) in [4.78, 5) is 13.8. The fourth-order valence-corrected chi connectivity index (χ4v) is 3.04. The van der Waals surface area contributed by atoms with E-state index in [1.165, 1.54) is 11.8 Å². The molecule has 5 nitrogen and oxygen atoms in total. The third kappa shape index (κ3) is 5.53. The second-order valence-electron chi connectivity index (χ2n) is 6.80. The van der Waals surface area contributed by atoms with E-state index in [1.807, 2.05) is 45.0 Å². The van der Waals surface area contributed by atoms with Crippen LogP contribution < -0.4 is 4.18 Å². The molecule has 0 N–H and O–H groups in total. The number of amides is 1. The molecule has 0 radical (unpaired) electrons. The fourth-order valence-electron chi connectivity index (χ4n) is 2.65. The maximum Gasteiger partial charge on any atom is 0.410 e. The highest BCUT2D eigenvalue weighted by molar-refractivity contribution is 7.79. The van der Waals surface area contributed by atoms with Crippen molar-refractivity contribution in [2.75, 3.05) is 19.3 Å². The molecule has 2 rings (SSSR count). The smallest absolute Gasteiger partial charge is 0.410 e. The van der Waals surface area contributed by atoms with Crippen LogP contribution in [-0.4, -0.2) is 40.1 Å². The Morgan fingerprint density at radius 3 is 2.22 bits per heavy atom. The van der Waals surface area contributed by atoms with E-state index >= 15 is 0 Å². The van der Waals surface area contributed by atoms with E-state index in [0.29, 0.717) is 24.8 Å². The van der Waals surface area contributed by atoms with Gasteiger partial charge in [-0.15, -0.1) is 0 Å². The monoisotopic (exact) mass is 339 g/mol. The molecule has 0 spiro atoms. The summed E-state index contributed by atoms with van der Waals surface area (Å²) in [6.45, 7) is 7.05. The van der Waals surface area contributed by atoms with Crippen molar-refractivity contribution < 1.29 is 17.9 Å². The number of hydrogen-bond donors (Lipinski definition) is 0. The van der Waals surface area contributed by atoms with E-state index in [-0.39, 0.29) is 6.09 Å². The number of carbonyl (C=O) groups is 1. The van der Waals surface area contributed by atoms with Crippen molar-refractivity contribution >= 4 is 17.2 Å². The average Bonchev–Trinajstić information content (AvgIpc) is 2.46. The fraction of sp³-hybridized carbons (Fsp3) is 0.588. The van der Waals surface area contributed by atoms with Gasteiger partial charge in [-0.3, -0.25) is 0 Å². The molecule has 1 heterocycles. The summed E-state index contributed by atoms with van der Waals surface area (Å²) in [7, 11) is 0. The van der Waals surface area contributed by atoms with Crippen molar-refractivity contribution in [3.05, 3.63) is 29.8 Å². The molecule has 1 atom stereocenters. The first-order valence-electron chi connectivity index (χ1n) is 7.84. The molecule has 0 aromatic heterocycles. The molecule has 0 aliphatic carbocycles. The molecule has 0 saturated carbocycles. The van der Waals surface area contributed by atoms with Crippen molar-refractivity contribution in [1.29, 1.82) is 0 Å². The van der Waals surface area contributed by atoms with E-state index in [4.69, 9.17) is 8.92 Å². The third-order valence-corrected chi connectivity index (χ3v) is 4.14. The van der Waals surface area contributed by atoms with Crippen molar-refractivity contribution in [2.24, 2.45) is 0 Å². The van der Waals surface area contributed by atoms with Gasteiger partial charge in [-0.1, -0.05) is 12.1 Å². The number of carbonyl (C=O) groups excluding carboxylic acids is 1. The molecule has 6 heteroatoms. The lowest BCUT2D eigenvalue weighted by atomic mass is 9.89. The zero-order chi connectivity index (χ0) is 17.0. The van der Waals surface area contributed by atoms with Gasteiger partial charge in [0.05, 0.1) is 0 Å². The highest BCUT2D eigenvalue weighted by Gasteiger charge is 2.27. The summed E-state index contributed by atoms with van der Waals surface area (Å²) in [6.07, 6.45) is 3.10. The normalized spacial score (nSPS) is 17.7. The van der Waals surface area contributed by atoms with Gasteiger partial charge < -0.3 is 13.8 Å². The van der Waals surface area contributed by atoms with E-state index in [9.17, 15) is 9.00 Å². The second-order valence-corrected chi connectivity index (χ2v) is 7.76. The van der Waals surface area contributed by atoms with Crippen LogP contribution in [0.15, 0.2) is 24.3 Å². The average molecular weight is 339 g/mol. The maximum atomic E-state index is 12.1. The first-order valence-corrected chi connectivity index (χ1v) is 9.32. The highest BCUT2D eigenvalue weighted by atomic mass is 32.2. The Morgan fingerprint density at radius 1 is 1.17 bits per heavy atom. The Kier molecular flexibility index (Phi) is 5.68. The molecule has 1 saturated heterocycles. The van der Waals surface area contributed by atoms with Gasteiger partial charge in [0.2, 0.25) is 11.1 Å². The number of piperidine rings is 1. The van der Waals surface area contributed by atoms with Crippen molar-refractivity contribution in [3.8, 4) is 5.75 Å². The quantitative estimate of drug-likeness (QED) is 0.846. The van der Waals surface area contributed by atoms with Gasteiger partial charge in [0.15, 0.2) is 0 Å². The van der Waals surface area contributed by atoms with E-state index in [2.05, 4.69) is 0 Å². The Bertz CT molecular complexity index is 557. The van der Waals surface area contributed by atoms with E-state index in [1.54, 1.807) is 4.90 Å². The maximum absolute atomic E-state index is 12.1. The number of hydrogen-bond acceptors (Lipinski definition) is 4. The van der Waals surface area contributed by atoms with Crippen LogP contribution in [0.1, 0.15) is 45.1 Å². The van der Waals surface area contributed by atoms with Gasteiger partial charge >= 0.3 is 6.09 Å². The van der Waals surface area contributed by atoms with Gasteiger partial charge in [-0.05, 0) is 57.2 Å². The molecular formula is C17H25NO4S. The van der Waals surface area contributed by atoms with E-state index in [0.717, 1.165) is 12.8 Å². The molecule has 0 bridgehead atoms. The SMILES string of the molecule is CS(=O)Oc1ccc(C2CCN(C(=O)OC(C)(C)C)CC2)cc1. The summed E-state index contributed by atoms with van der Waals surface area (Å²) in [6, 6.07) is 7.71. The first-order chi connectivity index (χ1) is 10.7. The lowest BCUT2D eigenvalue weighted by Gasteiger charge is -2.33. The molecule has 1 aromatic rings.